The SMILES string of the molecule is C[C@@H]1CN(C(=O)COc2c([N+](=O)[O-])cccc2[N+](=O)[O-])[C@@H](C)CN1Cc1ccc(F)cc1. The molecular formula is C21H23FN4O6. The number of nitro benzene ring substituents is 2. The molecule has 0 spiro atoms. The molecule has 1 heterocycles. The fourth-order valence-corrected chi connectivity index (χ4v) is 3.76. The Balaban J connectivity index is 1.66. The third-order valence-corrected chi connectivity index (χ3v) is 5.44. The molecule has 0 bridgehead atoms. The van der Waals surface area contributed by atoms with E-state index in [-0.39, 0.29) is 17.9 Å². The van der Waals surface area contributed by atoms with Crippen molar-refractivity contribution >= 4 is 17.3 Å². The van der Waals surface area contributed by atoms with Crippen molar-refractivity contribution in [3.8, 4) is 5.75 Å². The number of ether oxygens (including phenoxy) is 1. The van der Waals surface area contributed by atoms with E-state index in [4.69, 9.17) is 4.74 Å². The Morgan fingerprint density at radius 3 is 2.19 bits per heavy atom. The molecule has 0 N–H and O–H groups in total. The highest BCUT2D eigenvalue weighted by Crippen LogP contribution is 2.36. The van der Waals surface area contributed by atoms with Gasteiger partial charge in [0, 0.05) is 43.9 Å². The lowest BCUT2D eigenvalue weighted by Crippen LogP contribution is -2.58. The Hall–Kier alpha value is -3.60. The van der Waals surface area contributed by atoms with E-state index >= 15 is 0 Å². The second-order valence-electron chi connectivity index (χ2n) is 7.73. The molecule has 11 heteroatoms. The lowest BCUT2D eigenvalue weighted by molar-refractivity contribution is -0.396. The average molecular weight is 446 g/mol. The van der Waals surface area contributed by atoms with Crippen LogP contribution in [0.25, 0.3) is 0 Å². The van der Waals surface area contributed by atoms with E-state index in [1.54, 1.807) is 17.0 Å². The first-order chi connectivity index (χ1) is 15.2. The van der Waals surface area contributed by atoms with Crippen molar-refractivity contribution in [2.45, 2.75) is 32.5 Å². The number of benzene rings is 2. The molecule has 0 saturated carbocycles. The van der Waals surface area contributed by atoms with E-state index in [1.807, 2.05) is 13.8 Å². The van der Waals surface area contributed by atoms with Crippen molar-refractivity contribution in [3.05, 3.63) is 74.1 Å². The molecule has 1 saturated heterocycles. The van der Waals surface area contributed by atoms with Crippen LogP contribution in [-0.4, -0.2) is 57.3 Å². The summed E-state index contributed by atoms with van der Waals surface area (Å²) in [5.74, 6) is -1.26. The summed E-state index contributed by atoms with van der Waals surface area (Å²) in [7, 11) is 0. The number of nitro groups is 2. The first kappa shape index (κ1) is 23.1. The van der Waals surface area contributed by atoms with Crippen molar-refractivity contribution in [1.82, 2.24) is 9.80 Å². The second-order valence-corrected chi connectivity index (χ2v) is 7.73. The summed E-state index contributed by atoms with van der Waals surface area (Å²) >= 11 is 0. The molecule has 1 amide bonds. The molecule has 3 rings (SSSR count). The maximum Gasteiger partial charge on any atom is 0.318 e. The van der Waals surface area contributed by atoms with Crippen LogP contribution >= 0.6 is 0 Å². The smallest absolute Gasteiger partial charge is 0.318 e. The van der Waals surface area contributed by atoms with Gasteiger partial charge < -0.3 is 9.64 Å². The topological polar surface area (TPSA) is 119 Å². The molecule has 0 aromatic heterocycles. The minimum absolute atomic E-state index is 0.000556. The number of piperazine rings is 1. The lowest BCUT2D eigenvalue weighted by atomic mass is 10.1. The van der Waals surface area contributed by atoms with Gasteiger partial charge in [0.25, 0.3) is 11.7 Å². The van der Waals surface area contributed by atoms with Crippen LogP contribution in [0.1, 0.15) is 19.4 Å². The number of hydrogen-bond acceptors (Lipinski definition) is 7. The number of rotatable bonds is 7. The van der Waals surface area contributed by atoms with Crippen molar-refractivity contribution < 1.29 is 23.8 Å². The minimum Gasteiger partial charge on any atom is -0.472 e. The summed E-state index contributed by atoms with van der Waals surface area (Å²) in [4.78, 5) is 37.4. The summed E-state index contributed by atoms with van der Waals surface area (Å²) in [6.45, 7) is 4.84. The van der Waals surface area contributed by atoms with Crippen LogP contribution in [0.4, 0.5) is 15.8 Å². The van der Waals surface area contributed by atoms with Gasteiger partial charge in [0.1, 0.15) is 5.82 Å². The zero-order valence-electron chi connectivity index (χ0n) is 17.6. The number of carbonyl (C=O) groups is 1. The summed E-state index contributed by atoms with van der Waals surface area (Å²) in [5.41, 5.74) is -0.188. The summed E-state index contributed by atoms with van der Waals surface area (Å²) < 4.78 is 18.4. The first-order valence-corrected chi connectivity index (χ1v) is 10.00. The van der Waals surface area contributed by atoms with Crippen LogP contribution in [0.2, 0.25) is 0 Å². The van der Waals surface area contributed by atoms with Crippen LogP contribution in [-0.2, 0) is 11.3 Å². The van der Waals surface area contributed by atoms with E-state index in [0.29, 0.717) is 19.6 Å². The molecule has 1 aliphatic rings. The Labute approximate surface area is 183 Å². The van der Waals surface area contributed by atoms with Crippen LogP contribution in [0.5, 0.6) is 5.75 Å². The predicted octanol–water partition coefficient (Wildman–Crippen LogP) is 3.14. The Kier molecular flexibility index (Phi) is 6.98. The second kappa shape index (κ2) is 9.69. The van der Waals surface area contributed by atoms with Crippen LogP contribution < -0.4 is 4.74 Å². The molecule has 1 fully saturated rings. The van der Waals surface area contributed by atoms with Crippen molar-refractivity contribution in [2.24, 2.45) is 0 Å². The number of amides is 1. The quantitative estimate of drug-likeness (QED) is 0.473. The highest BCUT2D eigenvalue weighted by molar-refractivity contribution is 5.78. The third-order valence-electron chi connectivity index (χ3n) is 5.44. The Morgan fingerprint density at radius 2 is 1.62 bits per heavy atom. The fraction of sp³-hybridized carbons (Fsp3) is 0.381. The standard InChI is InChI=1S/C21H23FN4O6/c1-14-11-24(15(2)10-23(14)12-16-6-8-17(22)9-7-16)20(27)13-32-21-18(25(28)29)4-3-5-19(21)26(30)31/h3-9,14-15H,10-13H2,1-2H3/t14-,15+/m1/s1. The van der Waals surface area contributed by atoms with Gasteiger partial charge >= 0.3 is 11.4 Å². The van der Waals surface area contributed by atoms with Crippen molar-refractivity contribution in [1.29, 1.82) is 0 Å². The molecule has 2 aromatic rings. The van der Waals surface area contributed by atoms with E-state index in [1.165, 1.54) is 18.2 Å². The number of carbonyl (C=O) groups excluding carboxylic acids is 1. The number of nitrogens with zero attached hydrogens (tertiary/aromatic N) is 4. The van der Waals surface area contributed by atoms with Gasteiger partial charge in [-0.15, -0.1) is 0 Å². The summed E-state index contributed by atoms with van der Waals surface area (Å²) in [6, 6.07) is 9.44. The molecule has 2 atom stereocenters. The summed E-state index contributed by atoms with van der Waals surface area (Å²) in [6.07, 6.45) is 0. The molecule has 170 valence electrons. The molecule has 10 nitrogen and oxygen atoms in total. The van der Waals surface area contributed by atoms with Gasteiger partial charge in [0.05, 0.1) is 9.85 Å². The third kappa shape index (κ3) is 5.17. The largest absolute Gasteiger partial charge is 0.472 e. The molecule has 2 aromatic carbocycles. The maximum absolute atomic E-state index is 13.1. The molecule has 1 aliphatic heterocycles. The van der Waals surface area contributed by atoms with Gasteiger partial charge in [-0.2, -0.15) is 0 Å². The van der Waals surface area contributed by atoms with E-state index in [9.17, 15) is 29.4 Å². The fourth-order valence-electron chi connectivity index (χ4n) is 3.76. The van der Waals surface area contributed by atoms with Crippen LogP contribution in [0.15, 0.2) is 42.5 Å². The normalized spacial score (nSPS) is 18.9. The van der Waals surface area contributed by atoms with Gasteiger partial charge in [0.15, 0.2) is 6.61 Å². The number of halogens is 1. The van der Waals surface area contributed by atoms with Gasteiger partial charge in [0.2, 0.25) is 0 Å². The molecule has 32 heavy (non-hydrogen) atoms. The van der Waals surface area contributed by atoms with Crippen molar-refractivity contribution in [3.63, 3.8) is 0 Å². The zero-order valence-corrected chi connectivity index (χ0v) is 17.6. The zero-order chi connectivity index (χ0) is 23.4. The lowest BCUT2D eigenvalue weighted by Gasteiger charge is -2.44. The van der Waals surface area contributed by atoms with Crippen molar-refractivity contribution in [2.75, 3.05) is 19.7 Å². The highest BCUT2D eigenvalue weighted by Gasteiger charge is 2.33. The Morgan fingerprint density at radius 1 is 1.03 bits per heavy atom. The Bertz CT molecular complexity index is 984. The van der Waals surface area contributed by atoms with Gasteiger partial charge in [-0.05, 0) is 37.6 Å². The minimum atomic E-state index is -0.786. The van der Waals surface area contributed by atoms with E-state index in [0.717, 1.165) is 17.7 Å². The van der Waals surface area contributed by atoms with Gasteiger partial charge in [-0.1, -0.05) is 12.1 Å². The van der Waals surface area contributed by atoms with Gasteiger partial charge in [-0.25, -0.2) is 4.39 Å². The molecule has 0 unspecified atom stereocenters. The maximum atomic E-state index is 13.1. The molecule has 0 aliphatic carbocycles. The molecular weight excluding hydrogens is 423 g/mol. The van der Waals surface area contributed by atoms with E-state index in [2.05, 4.69) is 4.90 Å². The van der Waals surface area contributed by atoms with Crippen LogP contribution in [0.3, 0.4) is 0 Å². The van der Waals surface area contributed by atoms with Crippen LogP contribution in [0, 0.1) is 26.0 Å². The monoisotopic (exact) mass is 446 g/mol. The highest BCUT2D eigenvalue weighted by atomic mass is 19.1. The van der Waals surface area contributed by atoms with Gasteiger partial charge in [-0.3, -0.25) is 29.9 Å². The average Bonchev–Trinajstić information content (AvgIpc) is 2.75. The number of hydrogen-bond donors (Lipinski definition) is 0. The predicted molar refractivity (Wildman–Crippen MR) is 113 cm³/mol. The first-order valence-electron chi connectivity index (χ1n) is 10.00. The molecule has 0 radical (unpaired) electrons. The van der Waals surface area contributed by atoms with E-state index < -0.39 is 39.5 Å². The number of para-hydroxylation sites is 1. The summed E-state index contributed by atoms with van der Waals surface area (Å²) in [5, 5.41) is 22.4.